The number of hydrogen-bond acceptors (Lipinski definition) is 3. The highest BCUT2D eigenvalue weighted by Gasteiger charge is 2.24. The first-order chi connectivity index (χ1) is 13.1. The summed E-state index contributed by atoms with van der Waals surface area (Å²) in [4.78, 5) is 14.9. The van der Waals surface area contributed by atoms with Crippen molar-refractivity contribution >= 4 is 29.1 Å². The van der Waals surface area contributed by atoms with E-state index in [0.29, 0.717) is 16.6 Å². The number of halogens is 2. The number of hydrogen-bond donors (Lipinski definition) is 1. The van der Waals surface area contributed by atoms with Gasteiger partial charge >= 0.3 is 0 Å². The molecule has 0 aromatic heterocycles. The first-order valence-electron chi connectivity index (χ1n) is 9.15. The minimum absolute atomic E-state index is 0.0221. The van der Waals surface area contributed by atoms with E-state index < -0.39 is 0 Å². The van der Waals surface area contributed by atoms with E-state index in [0.717, 1.165) is 24.4 Å². The van der Waals surface area contributed by atoms with Crippen molar-refractivity contribution in [2.24, 2.45) is 0 Å². The highest BCUT2D eigenvalue weighted by molar-refractivity contribution is 6.42. The molecule has 1 atom stereocenters. The molecular weight excluding hydrogens is 383 g/mol. The van der Waals surface area contributed by atoms with E-state index in [-0.39, 0.29) is 18.4 Å². The average molecular weight is 407 g/mol. The lowest BCUT2D eigenvalue weighted by Gasteiger charge is -2.28. The Bertz CT molecular complexity index is 774. The molecule has 1 fully saturated rings. The maximum absolute atomic E-state index is 12.4. The summed E-state index contributed by atoms with van der Waals surface area (Å²) in [5.74, 6) is 0.814. The van der Waals surface area contributed by atoms with Crippen LogP contribution in [-0.2, 0) is 11.2 Å². The van der Waals surface area contributed by atoms with Crippen LogP contribution in [0, 0.1) is 0 Å². The minimum Gasteiger partial charge on any atom is -0.497 e. The zero-order valence-electron chi connectivity index (χ0n) is 15.4. The lowest BCUT2D eigenvalue weighted by molar-refractivity contribution is -0.120. The quantitative estimate of drug-likeness (QED) is 0.735. The van der Waals surface area contributed by atoms with E-state index >= 15 is 0 Å². The standard InChI is InChI=1S/C21H24Cl2N2O2/c1-27-17-7-5-16(6-8-17)20(25-10-2-3-11-25)14-24-21(26)13-15-4-9-18(22)19(23)12-15/h4-9,12,20H,2-3,10-11,13-14H2,1H3,(H,24,26). The van der Waals surface area contributed by atoms with E-state index in [1.165, 1.54) is 18.4 Å². The van der Waals surface area contributed by atoms with Gasteiger partial charge in [0.25, 0.3) is 0 Å². The summed E-state index contributed by atoms with van der Waals surface area (Å²) < 4.78 is 5.25. The molecule has 4 nitrogen and oxygen atoms in total. The molecule has 1 unspecified atom stereocenters. The molecule has 2 aromatic carbocycles. The third-order valence-corrected chi connectivity index (χ3v) is 5.66. The van der Waals surface area contributed by atoms with Gasteiger partial charge in [-0.2, -0.15) is 0 Å². The maximum Gasteiger partial charge on any atom is 0.224 e. The Morgan fingerprint density at radius 2 is 1.81 bits per heavy atom. The molecule has 27 heavy (non-hydrogen) atoms. The van der Waals surface area contributed by atoms with Crippen LogP contribution in [0.2, 0.25) is 10.0 Å². The molecule has 1 N–H and O–H groups in total. The van der Waals surface area contributed by atoms with Gasteiger partial charge in [-0.25, -0.2) is 0 Å². The summed E-state index contributed by atoms with van der Waals surface area (Å²) in [5.41, 5.74) is 2.04. The molecule has 1 aliphatic heterocycles. The summed E-state index contributed by atoms with van der Waals surface area (Å²) in [7, 11) is 1.66. The predicted molar refractivity (Wildman–Crippen MR) is 110 cm³/mol. The van der Waals surface area contributed by atoms with Crippen LogP contribution in [0.4, 0.5) is 0 Å². The summed E-state index contributed by atoms with van der Waals surface area (Å²) in [5, 5.41) is 4.04. The van der Waals surface area contributed by atoms with Crippen molar-refractivity contribution in [2.45, 2.75) is 25.3 Å². The van der Waals surface area contributed by atoms with E-state index in [1.54, 1.807) is 19.2 Å². The average Bonchev–Trinajstić information content (AvgIpc) is 3.20. The molecule has 3 rings (SSSR count). The van der Waals surface area contributed by atoms with Gasteiger partial charge in [0, 0.05) is 6.54 Å². The molecule has 1 saturated heterocycles. The third-order valence-electron chi connectivity index (χ3n) is 4.92. The van der Waals surface area contributed by atoms with E-state index in [9.17, 15) is 4.79 Å². The number of carbonyl (C=O) groups excluding carboxylic acids is 1. The fraction of sp³-hybridized carbons (Fsp3) is 0.381. The van der Waals surface area contributed by atoms with E-state index in [2.05, 4.69) is 22.3 Å². The molecule has 1 amide bonds. The van der Waals surface area contributed by atoms with E-state index in [1.807, 2.05) is 18.2 Å². The van der Waals surface area contributed by atoms with Crippen molar-refractivity contribution in [1.29, 1.82) is 0 Å². The van der Waals surface area contributed by atoms with Crippen molar-refractivity contribution < 1.29 is 9.53 Å². The van der Waals surface area contributed by atoms with Gasteiger partial charge in [-0.15, -0.1) is 0 Å². The number of methoxy groups -OCH3 is 1. The monoisotopic (exact) mass is 406 g/mol. The van der Waals surface area contributed by atoms with Crippen LogP contribution < -0.4 is 10.1 Å². The number of ether oxygens (including phenoxy) is 1. The Kier molecular flexibility index (Phi) is 7.00. The van der Waals surface area contributed by atoms with Gasteiger partial charge in [-0.1, -0.05) is 41.4 Å². The Hall–Kier alpha value is -1.75. The number of nitrogens with one attached hydrogen (secondary N) is 1. The SMILES string of the molecule is COc1ccc(C(CNC(=O)Cc2ccc(Cl)c(Cl)c2)N2CCCC2)cc1. The summed E-state index contributed by atoms with van der Waals surface area (Å²) in [6.07, 6.45) is 2.68. The highest BCUT2D eigenvalue weighted by atomic mass is 35.5. The Balaban J connectivity index is 1.64. The highest BCUT2D eigenvalue weighted by Crippen LogP contribution is 2.26. The maximum atomic E-state index is 12.4. The molecular formula is C21H24Cl2N2O2. The van der Waals surface area contributed by atoms with Crippen LogP contribution in [-0.4, -0.2) is 37.6 Å². The van der Waals surface area contributed by atoms with Crippen molar-refractivity contribution in [3.05, 3.63) is 63.6 Å². The lowest BCUT2D eigenvalue weighted by Crippen LogP contribution is -2.37. The summed E-state index contributed by atoms with van der Waals surface area (Å²) >= 11 is 12.0. The van der Waals surface area contributed by atoms with Crippen molar-refractivity contribution in [3.63, 3.8) is 0 Å². The lowest BCUT2D eigenvalue weighted by atomic mass is 10.0. The number of rotatable bonds is 7. The molecule has 0 radical (unpaired) electrons. The Morgan fingerprint density at radius 1 is 1.11 bits per heavy atom. The fourth-order valence-corrected chi connectivity index (χ4v) is 3.77. The number of carbonyl (C=O) groups is 1. The van der Waals surface area contributed by atoms with Crippen molar-refractivity contribution in [3.8, 4) is 5.75 Å². The van der Waals surface area contributed by atoms with Crippen molar-refractivity contribution in [1.82, 2.24) is 10.2 Å². The molecule has 2 aromatic rings. The van der Waals surface area contributed by atoms with Crippen LogP contribution in [0.3, 0.4) is 0 Å². The molecule has 0 aliphatic carbocycles. The van der Waals surface area contributed by atoms with Crippen LogP contribution in [0.1, 0.15) is 30.0 Å². The van der Waals surface area contributed by atoms with Gasteiger partial charge in [0.15, 0.2) is 0 Å². The van der Waals surface area contributed by atoms with Gasteiger partial charge in [-0.05, 0) is 61.3 Å². The minimum atomic E-state index is -0.0221. The molecule has 0 bridgehead atoms. The molecule has 0 saturated carbocycles. The second-order valence-electron chi connectivity index (χ2n) is 6.76. The van der Waals surface area contributed by atoms with E-state index in [4.69, 9.17) is 27.9 Å². The molecule has 1 heterocycles. The van der Waals surface area contributed by atoms with Crippen LogP contribution in [0.5, 0.6) is 5.75 Å². The Morgan fingerprint density at radius 3 is 2.44 bits per heavy atom. The number of likely N-dealkylation sites (tertiary alicyclic amines) is 1. The first-order valence-corrected chi connectivity index (χ1v) is 9.91. The second-order valence-corrected chi connectivity index (χ2v) is 7.58. The van der Waals surface area contributed by atoms with Gasteiger partial charge in [-0.3, -0.25) is 9.69 Å². The molecule has 0 spiro atoms. The third kappa shape index (κ3) is 5.38. The largest absolute Gasteiger partial charge is 0.497 e. The van der Waals surface area contributed by atoms with Crippen LogP contribution in [0.15, 0.2) is 42.5 Å². The van der Waals surface area contributed by atoms with Crippen LogP contribution >= 0.6 is 23.2 Å². The number of benzene rings is 2. The van der Waals surface area contributed by atoms with Crippen molar-refractivity contribution in [2.75, 3.05) is 26.7 Å². The normalized spacial score (nSPS) is 15.5. The summed E-state index contributed by atoms with van der Waals surface area (Å²) in [6.45, 7) is 2.69. The molecule has 144 valence electrons. The predicted octanol–water partition coefficient (Wildman–Crippen LogP) is 4.50. The fourth-order valence-electron chi connectivity index (χ4n) is 3.45. The van der Waals surface area contributed by atoms with Gasteiger partial charge in [0.1, 0.15) is 5.75 Å². The van der Waals surface area contributed by atoms with Gasteiger partial charge in [0.2, 0.25) is 5.91 Å². The first kappa shape index (κ1) is 20.0. The smallest absolute Gasteiger partial charge is 0.224 e. The molecule has 1 aliphatic rings. The number of amides is 1. The topological polar surface area (TPSA) is 41.6 Å². The number of nitrogens with zero attached hydrogens (tertiary/aromatic N) is 1. The van der Waals surface area contributed by atoms with Gasteiger partial charge in [0.05, 0.1) is 29.6 Å². The Labute approximate surface area is 170 Å². The van der Waals surface area contributed by atoms with Gasteiger partial charge < -0.3 is 10.1 Å². The molecule has 6 heteroatoms. The zero-order valence-corrected chi connectivity index (χ0v) is 16.9. The summed E-state index contributed by atoms with van der Waals surface area (Å²) in [6, 6.07) is 13.5. The second kappa shape index (κ2) is 9.45. The zero-order chi connectivity index (χ0) is 19.2. The van der Waals surface area contributed by atoms with Crippen LogP contribution in [0.25, 0.3) is 0 Å².